The van der Waals surface area contributed by atoms with Crippen LogP contribution in [-0.2, 0) is 10.0 Å². The van der Waals surface area contributed by atoms with Gasteiger partial charge in [-0.1, -0.05) is 76.2 Å². The van der Waals surface area contributed by atoms with Gasteiger partial charge in [0.1, 0.15) is 0 Å². The second-order valence-corrected chi connectivity index (χ2v) is 14.9. The number of carbonyl (C=O) groups excluding carboxylic acids is 1. The molecule has 0 saturated heterocycles. The number of amides is 1. The van der Waals surface area contributed by atoms with Crippen LogP contribution in [0, 0.1) is 24.2 Å². The van der Waals surface area contributed by atoms with Crippen molar-refractivity contribution in [3.05, 3.63) is 35.4 Å². The van der Waals surface area contributed by atoms with Crippen LogP contribution >= 0.6 is 0 Å². The lowest BCUT2D eigenvalue weighted by atomic mass is 9.92. The minimum absolute atomic E-state index is 0.00850. The van der Waals surface area contributed by atoms with Crippen LogP contribution in [-0.4, -0.2) is 38.1 Å². The summed E-state index contributed by atoms with van der Waals surface area (Å²) in [5, 5.41) is 11.3. The maximum atomic E-state index is 13.0. The first-order valence-corrected chi connectivity index (χ1v) is 13.4. The zero-order valence-electron chi connectivity index (χ0n) is 17.9. The number of benzene rings is 1. The van der Waals surface area contributed by atoms with Gasteiger partial charge in [0, 0.05) is 25.9 Å². The standard InChI is InChI=1S/C22H37NO2Si/c1-9-10-15-21(3)18(20(24)23(4)5)19(21)22(25,26(6,7)8)17-13-11-16(2)12-14-17/h11-14,18-19,25H,9-10,15H2,1-8H3/t18-,19-,21-,22-/m1/s1. The van der Waals surface area contributed by atoms with Crippen molar-refractivity contribution in [2.75, 3.05) is 14.1 Å². The Morgan fingerprint density at radius 3 is 2.19 bits per heavy atom. The molecule has 1 aromatic carbocycles. The molecule has 0 spiro atoms. The van der Waals surface area contributed by atoms with Crippen LogP contribution in [0.5, 0.6) is 0 Å². The molecule has 1 saturated carbocycles. The highest BCUT2D eigenvalue weighted by molar-refractivity contribution is 6.78. The third kappa shape index (κ3) is 3.38. The molecule has 1 aliphatic rings. The normalized spacial score (nSPS) is 27.7. The van der Waals surface area contributed by atoms with Gasteiger partial charge in [0.25, 0.3) is 0 Å². The van der Waals surface area contributed by atoms with Crippen LogP contribution in [0.1, 0.15) is 44.2 Å². The third-order valence-electron chi connectivity index (χ3n) is 6.51. The van der Waals surface area contributed by atoms with Crippen molar-refractivity contribution in [2.24, 2.45) is 17.3 Å². The minimum Gasteiger partial charge on any atom is -0.388 e. The Labute approximate surface area is 160 Å². The summed E-state index contributed by atoms with van der Waals surface area (Å²) >= 11 is 0. The summed E-state index contributed by atoms with van der Waals surface area (Å²) in [6.45, 7) is 13.2. The van der Waals surface area contributed by atoms with E-state index in [1.165, 1.54) is 5.56 Å². The van der Waals surface area contributed by atoms with Crippen molar-refractivity contribution in [3.8, 4) is 0 Å². The summed E-state index contributed by atoms with van der Waals surface area (Å²) in [5.74, 6) is 0.0605. The van der Waals surface area contributed by atoms with E-state index in [1.807, 2.05) is 14.1 Å². The molecule has 0 bridgehead atoms. The van der Waals surface area contributed by atoms with Gasteiger partial charge in [-0.25, -0.2) is 0 Å². The van der Waals surface area contributed by atoms with Crippen LogP contribution in [0.2, 0.25) is 19.6 Å². The summed E-state index contributed by atoms with van der Waals surface area (Å²) in [6, 6.07) is 8.30. The van der Waals surface area contributed by atoms with Crippen LogP contribution in [0.25, 0.3) is 0 Å². The molecule has 4 heteroatoms. The highest BCUT2D eigenvalue weighted by Crippen LogP contribution is 2.70. The van der Waals surface area contributed by atoms with Gasteiger partial charge in [-0.3, -0.25) is 4.79 Å². The quantitative estimate of drug-likeness (QED) is 0.708. The maximum Gasteiger partial charge on any atom is 0.226 e. The van der Waals surface area contributed by atoms with Gasteiger partial charge in [0.15, 0.2) is 0 Å². The summed E-state index contributed by atoms with van der Waals surface area (Å²) in [7, 11) is 1.63. The van der Waals surface area contributed by atoms with E-state index < -0.39 is 13.3 Å². The third-order valence-corrected chi connectivity index (χ3v) is 9.39. The molecule has 1 fully saturated rings. The first-order chi connectivity index (χ1) is 11.9. The smallest absolute Gasteiger partial charge is 0.226 e. The largest absolute Gasteiger partial charge is 0.388 e. The molecule has 1 aliphatic carbocycles. The lowest BCUT2D eigenvalue weighted by Gasteiger charge is -2.41. The highest BCUT2D eigenvalue weighted by Gasteiger charge is 2.73. The summed E-state index contributed by atoms with van der Waals surface area (Å²) < 4.78 is 0. The fourth-order valence-corrected chi connectivity index (χ4v) is 7.20. The number of hydrogen-bond acceptors (Lipinski definition) is 2. The molecular weight excluding hydrogens is 338 g/mol. The number of nitrogens with zero attached hydrogens (tertiary/aromatic N) is 1. The predicted molar refractivity (Wildman–Crippen MR) is 112 cm³/mol. The number of aliphatic hydroxyl groups is 1. The molecule has 1 N–H and O–H groups in total. The van der Waals surface area contributed by atoms with E-state index in [9.17, 15) is 9.90 Å². The summed E-state index contributed by atoms with van der Waals surface area (Å²) in [4.78, 5) is 14.7. The van der Waals surface area contributed by atoms with Crippen molar-refractivity contribution in [1.82, 2.24) is 4.90 Å². The monoisotopic (exact) mass is 375 g/mol. The van der Waals surface area contributed by atoms with Gasteiger partial charge < -0.3 is 10.0 Å². The van der Waals surface area contributed by atoms with E-state index in [-0.39, 0.29) is 23.2 Å². The van der Waals surface area contributed by atoms with E-state index in [2.05, 4.69) is 64.7 Å². The van der Waals surface area contributed by atoms with E-state index in [0.29, 0.717) is 0 Å². The molecule has 1 aromatic rings. The Bertz CT molecular complexity index is 649. The molecule has 0 radical (unpaired) electrons. The highest BCUT2D eigenvalue weighted by atomic mass is 28.3. The molecule has 26 heavy (non-hydrogen) atoms. The first kappa shape index (κ1) is 21.2. The average molecular weight is 376 g/mol. The molecule has 3 nitrogen and oxygen atoms in total. The SMILES string of the molecule is CCCC[C@@]1(C)[C@H]([C@@](O)(c2ccc(C)cc2)[Si](C)(C)C)[C@@H]1C(=O)N(C)C. The van der Waals surface area contributed by atoms with Gasteiger partial charge in [0.2, 0.25) is 5.91 Å². The fourth-order valence-electron chi connectivity index (χ4n) is 4.74. The van der Waals surface area contributed by atoms with Gasteiger partial charge in [0.05, 0.1) is 13.3 Å². The Morgan fingerprint density at radius 2 is 1.77 bits per heavy atom. The van der Waals surface area contributed by atoms with Gasteiger partial charge in [-0.15, -0.1) is 0 Å². The lowest BCUT2D eigenvalue weighted by Crippen LogP contribution is -2.53. The molecule has 2 rings (SSSR count). The van der Waals surface area contributed by atoms with Gasteiger partial charge >= 0.3 is 0 Å². The first-order valence-electron chi connectivity index (χ1n) is 9.92. The molecule has 0 aromatic heterocycles. The Kier molecular flexibility index (Phi) is 5.80. The molecule has 1 amide bonds. The number of hydrogen-bond donors (Lipinski definition) is 1. The number of unbranched alkanes of at least 4 members (excludes halogenated alkanes) is 1. The molecule has 146 valence electrons. The number of carbonyl (C=O) groups is 1. The number of aryl methyl sites for hydroxylation is 1. The predicted octanol–water partition coefficient (Wildman–Crippen LogP) is 4.59. The van der Waals surface area contributed by atoms with Crippen molar-refractivity contribution in [2.45, 2.75) is 64.9 Å². The van der Waals surface area contributed by atoms with Crippen LogP contribution in [0.4, 0.5) is 0 Å². The van der Waals surface area contributed by atoms with Gasteiger partial charge in [-0.05, 0) is 24.3 Å². The molecule has 4 atom stereocenters. The van der Waals surface area contributed by atoms with Crippen molar-refractivity contribution in [1.29, 1.82) is 0 Å². The zero-order chi connectivity index (χ0) is 19.9. The average Bonchev–Trinajstić information content (AvgIpc) is 3.17. The molecule has 0 aliphatic heterocycles. The fraction of sp³-hybridized carbons (Fsp3) is 0.682. The number of rotatable bonds is 7. The second kappa shape index (κ2) is 7.12. The van der Waals surface area contributed by atoms with Crippen molar-refractivity contribution < 1.29 is 9.90 Å². The Balaban J connectivity index is 2.55. The minimum atomic E-state index is -2.04. The lowest BCUT2D eigenvalue weighted by molar-refractivity contribution is -0.131. The second-order valence-electron chi connectivity index (χ2n) is 9.68. The van der Waals surface area contributed by atoms with Crippen molar-refractivity contribution in [3.63, 3.8) is 0 Å². The Hall–Kier alpha value is -1.13. The van der Waals surface area contributed by atoms with E-state index >= 15 is 0 Å². The molecular formula is C22H37NO2Si. The van der Waals surface area contributed by atoms with E-state index in [0.717, 1.165) is 24.8 Å². The topological polar surface area (TPSA) is 40.5 Å². The Morgan fingerprint density at radius 1 is 1.23 bits per heavy atom. The van der Waals surface area contributed by atoms with E-state index in [1.54, 1.807) is 4.90 Å². The van der Waals surface area contributed by atoms with Crippen LogP contribution < -0.4 is 0 Å². The summed E-state index contributed by atoms with van der Waals surface area (Å²) in [6.07, 6.45) is 3.21. The molecule has 0 heterocycles. The zero-order valence-corrected chi connectivity index (χ0v) is 18.9. The van der Waals surface area contributed by atoms with E-state index in [4.69, 9.17) is 0 Å². The van der Waals surface area contributed by atoms with Crippen molar-refractivity contribution >= 4 is 14.0 Å². The van der Waals surface area contributed by atoms with Gasteiger partial charge in [-0.2, -0.15) is 0 Å². The van der Waals surface area contributed by atoms with Crippen LogP contribution in [0.15, 0.2) is 24.3 Å². The summed E-state index contributed by atoms with van der Waals surface area (Å²) in [5.41, 5.74) is 2.05. The van der Waals surface area contributed by atoms with Crippen LogP contribution in [0.3, 0.4) is 0 Å². The molecule has 0 unspecified atom stereocenters. The maximum absolute atomic E-state index is 13.0.